The number of hydrogen-bond acceptors (Lipinski definition) is 7. The van der Waals surface area contributed by atoms with Crippen molar-refractivity contribution in [2.45, 2.75) is 0 Å². The van der Waals surface area contributed by atoms with Crippen LogP contribution in [0.5, 0.6) is 0 Å². The lowest BCUT2D eigenvalue weighted by atomic mass is 10.1. The number of esters is 1. The van der Waals surface area contributed by atoms with Gasteiger partial charge in [0.25, 0.3) is 11.1 Å². The van der Waals surface area contributed by atoms with Crippen LogP contribution in [-0.2, 0) is 4.74 Å². The molecule has 10 nitrogen and oxygen atoms in total. The maximum atomic E-state index is 11.7. The summed E-state index contributed by atoms with van der Waals surface area (Å²) in [7, 11) is 1.07. The van der Waals surface area contributed by atoms with Gasteiger partial charge in [0.1, 0.15) is 5.56 Å². The minimum atomic E-state index is -0.922. The fourth-order valence-electron chi connectivity index (χ4n) is 1.89. The highest BCUT2D eigenvalue weighted by Crippen LogP contribution is 2.23. The predicted octanol–water partition coefficient (Wildman–Crippen LogP) is 1.44. The molecule has 0 unspecified atom stereocenters. The van der Waals surface area contributed by atoms with Crippen LogP contribution in [0.1, 0.15) is 10.4 Å². The van der Waals surface area contributed by atoms with Gasteiger partial charge in [-0.15, -0.1) is 0 Å². The largest absolute Gasteiger partial charge is 0.465 e. The van der Waals surface area contributed by atoms with E-state index in [1.807, 2.05) is 0 Å². The molecule has 0 saturated carbocycles. The number of ether oxygens (including phenoxy) is 1. The Labute approximate surface area is 127 Å². The number of benzene rings is 1. The Hall–Kier alpha value is -3.56. The Morgan fingerprint density at radius 3 is 2.35 bits per heavy atom. The first-order chi connectivity index (χ1) is 10.8. The molecule has 23 heavy (non-hydrogen) atoms. The van der Waals surface area contributed by atoms with Crippen LogP contribution in [0.2, 0.25) is 0 Å². The Kier molecular flexibility index (Phi) is 4.16. The van der Waals surface area contributed by atoms with Crippen LogP contribution in [0.3, 0.4) is 0 Å². The van der Waals surface area contributed by atoms with Crippen molar-refractivity contribution in [2.75, 3.05) is 7.11 Å². The first-order valence-electron chi connectivity index (χ1n) is 6.09. The fourth-order valence-corrected chi connectivity index (χ4v) is 1.89. The Morgan fingerprint density at radius 1 is 1.13 bits per heavy atom. The van der Waals surface area contributed by atoms with E-state index in [0.717, 1.165) is 31.5 Å². The predicted molar refractivity (Wildman–Crippen MR) is 76.7 cm³/mol. The third kappa shape index (κ3) is 3.05. The Morgan fingerprint density at radius 2 is 1.78 bits per heavy atom. The quantitative estimate of drug-likeness (QED) is 0.472. The molecule has 0 aliphatic rings. The fraction of sp³-hybridized carbons (Fsp3) is 0.0769. The molecule has 0 aliphatic carbocycles. The first-order valence-corrected chi connectivity index (χ1v) is 6.09. The number of hydrogen-bond donors (Lipinski definition) is 0. The number of rotatable bonds is 4. The van der Waals surface area contributed by atoms with Gasteiger partial charge >= 0.3 is 11.7 Å². The normalized spacial score (nSPS) is 10.1. The van der Waals surface area contributed by atoms with Crippen molar-refractivity contribution < 1.29 is 19.4 Å². The topological polar surface area (TPSA) is 135 Å². The second kappa shape index (κ2) is 6.05. The van der Waals surface area contributed by atoms with E-state index in [9.17, 15) is 29.8 Å². The molecule has 0 atom stereocenters. The van der Waals surface area contributed by atoms with Gasteiger partial charge in [-0.3, -0.25) is 25.0 Å². The van der Waals surface area contributed by atoms with Crippen molar-refractivity contribution >= 4 is 17.3 Å². The molecule has 118 valence electrons. The lowest BCUT2D eigenvalue weighted by Gasteiger charge is -2.08. The second-order valence-corrected chi connectivity index (χ2v) is 4.31. The van der Waals surface area contributed by atoms with E-state index in [2.05, 4.69) is 4.74 Å². The Bertz CT molecular complexity index is 872. The summed E-state index contributed by atoms with van der Waals surface area (Å²) in [5.74, 6) is -0.922. The first kappa shape index (κ1) is 15.8. The van der Waals surface area contributed by atoms with Crippen molar-refractivity contribution in [2.24, 2.45) is 0 Å². The highest BCUT2D eigenvalue weighted by molar-refractivity contribution is 5.94. The number of nitrogens with zero attached hydrogens (tertiary/aromatic N) is 3. The zero-order valence-corrected chi connectivity index (χ0v) is 11.7. The molecule has 1 aromatic carbocycles. The third-order valence-corrected chi connectivity index (χ3v) is 2.98. The number of pyridine rings is 1. The van der Waals surface area contributed by atoms with Crippen LogP contribution >= 0.6 is 0 Å². The van der Waals surface area contributed by atoms with Crippen LogP contribution < -0.4 is 5.43 Å². The molecule has 2 rings (SSSR count). The maximum Gasteiger partial charge on any atom is 0.344 e. The summed E-state index contributed by atoms with van der Waals surface area (Å²) in [5, 5.41) is 21.7. The third-order valence-electron chi connectivity index (χ3n) is 2.98. The van der Waals surface area contributed by atoms with Crippen LogP contribution in [0.25, 0.3) is 5.69 Å². The monoisotopic (exact) mass is 319 g/mol. The number of nitro benzene ring substituents is 1. The van der Waals surface area contributed by atoms with Gasteiger partial charge in [0, 0.05) is 24.0 Å². The number of nitro groups is 2. The van der Waals surface area contributed by atoms with Crippen LogP contribution in [-0.4, -0.2) is 27.5 Å². The van der Waals surface area contributed by atoms with Crippen LogP contribution in [0.15, 0.2) is 41.5 Å². The average Bonchev–Trinajstić information content (AvgIpc) is 2.53. The molecule has 0 spiro atoms. The van der Waals surface area contributed by atoms with Gasteiger partial charge in [0.15, 0.2) is 0 Å². The van der Waals surface area contributed by atoms with Crippen molar-refractivity contribution in [3.8, 4) is 5.69 Å². The molecule has 10 heteroatoms. The summed E-state index contributed by atoms with van der Waals surface area (Å²) in [6.45, 7) is 0. The van der Waals surface area contributed by atoms with Gasteiger partial charge in [-0.05, 0) is 12.1 Å². The van der Waals surface area contributed by atoms with Gasteiger partial charge in [0.05, 0.1) is 23.2 Å². The van der Waals surface area contributed by atoms with Crippen molar-refractivity contribution in [3.05, 3.63) is 72.7 Å². The molecular weight excluding hydrogens is 310 g/mol. The Balaban J connectivity index is 2.63. The molecule has 0 saturated heterocycles. The average molecular weight is 319 g/mol. The SMILES string of the molecule is COC(=O)c1cc(-n2ccc(=O)c([N+](=O)[O-])c2)ccc1[N+](=O)[O-]. The van der Waals surface area contributed by atoms with E-state index in [4.69, 9.17) is 0 Å². The second-order valence-electron chi connectivity index (χ2n) is 4.31. The highest BCUT2D eigenvalue weighted by Gasteiger charge is 2.22. The summed E-state index contributed by atoms with van der Waals surface area (Å²) in [4.78, 5) is 43.2. The van der Waals surface area contributed by atoms with Gasteiger partial charge < -0.3 is 9.30 Å². The van der Waals surface area contributed by atoms with Crippen LogP contribution in [0, 0.1) is 20.2 Å². The van der Waals surface area contributed by atoms with Crippen molar-refractivity contribution in [3.63, 3.8) is 0 Å². The van der Waals surface area contributed by atoms with Gasteiger partial charge in [-0.1, -0.05) is 0 Å². The summed E-state index contributed by atoms with van der Waals surface area (Å²) >= 11 is 0. The standard InChI is InChI=1S/C13H9N3O7/c1-23-13(18)9-6-8(2-3-10(9)15(19)20)14-5-4-12(17)11(7-14)16(21)22/h2-7H,1H3. The number of aromatic nitrogens is 1. The minimum Gasteiger partial charge on any atom is -0.465 e. The summed E-state index contributed by atoms with van der Waals surface area (Å²) in [6, 6.07) is 4.50. The molecule has 0 aliphatic heterocycles. The van der Waals surface area contributed by atoms with Gasteiger partial charge in [0.2, 0.25) is 0 Å². The van der Waals surface area contributed by atoms with E-state index in [0.29, 0.717) is 0 Å². The van der Waals surface area contributed by atoms with Crippen molar-refractivity contribution in [1.29, 1.82) is 0 Å². The molecule has 0 radical (unpaired) electrons. The molecule has 1 aromatic heterocycles. The van der Waals surface area contributed by atoms with Crippen molar-refractivity contribution in [1.82, 2.24) is 4.57 Å². The minimum absolute atomic E-state index is 0.221. The highest BCUT2D eigenvalue weighted by atomic mass is 16.6. The lowest BCUT2D eigenvalue weighted by molar-refractivity contribution is -0.386. The zero-order chi connectivity index (χ0) is 17.1. The molecular formula is C13H9N3O7. The van der Waals surface area contributed by atoms with E-state index >= 15 is 0 Å². The molecule has 0 amide bonds. The van der Waals surface area contributed by atoms with E-state index in [-0.39, 0.29) is 11.3 Å². The summed E-state index contributed by atoms with van der Waals surface area (Å²) in [6.07, 6.45) is 2.21. The molecule has 0 fully saturated rings. The molecule has 0 N–H and O–H groups in total. The smallest absolute Gasteiger partial charge is 0.344 e. The van der Waals surface area contributed by atoms with E-state index < -0.39 is 32.6 Å². The molecule has 2 aromatic rings. The maximum absolute atomic E-state index is 11.7. The molecule has 0 bridgehead atoms. The lowest BCUT2D eigenvalue weighted by Crippen LogP contribution is -2.11. The summed E-state index contributed by atoms with van der Waals surface area (Å²) in [5.41, 5.74) is -1.99. The van der Waals surface area contributed by atoms with Crippen LogP contribution in [0.4, 0.5) is 11.4 Å². The number of carbonyl (C=O) groups excluding carboxylic acids is 1. The van der Waals surface area contributed by atoms with E-state index in [1.54, 1.807) is 0 Å². The molecule has 1 heterocycles. The van der Waals surface area contributed by atoms with Gasteiger partial charge in [-0.25, -0.2) is 4.79 Å². The van der Waals surface area contributed by atoms with Gasteiger partial charge in [-0.2, -0.15) is 0 Å². The van der Waals surface area contributed by atoms with E-state index in [1.165, 1.54) is 16.8 Å². The zero-order valence-electron chi connectivity index (χ0n) is 11.7. The summed E-state index contributed by atoms with van der Waals surface area (Å²) < 4.78 is 5.69. The number of carbonyl (C=O) groups is 1. The number of methoxy groups -OCH3 is 1.